The number of hydrogen-bond donors (Lipinski definition) is 1. The first-order valence-electron chi connectivity index (χ1n) is 5.52. The molecule has 0 fully saturated rings. The zero-order chi connectivity index (χ0) is 13.8. The lowest BCUT2D eigenvalue weighted by atomic mass is 10.2. The standard InChI is InChI=1S/C13H11N3O3/c1-9-6-7-11(13(17)8-9)15-14-10-4-2-3-5-12(10)16(18)19/h2-8,17H,1H3/b15-14+. The van der Waals surface area contributed by atoms with Crippen LogP contribution in [0.15, 0.2) is 52.7 Å². The molecule has 0 unspecified atom stereocenters. The molecule has 6 nitrogen and oxygen atoms in total. The predicted molar refractivity (Wildman–Crippen MR) is 70.1 cm³/mol. The van der Waals surface area contributed by atoms with Crippen molar-refractivity contribution < 1.29 is 10.0 Å². The van der Waals surface area contributed by atoms with E-state index < -0.39 is 4.92 Å². The van der Waals surface area contributed by atoms with Gasteiger partial charge >= 0.3 is 0 Å². The molecular weight excluding hydrogens is 246 g/mol. The number of nitrogens with zero attached hydrogens (tertiary/aromatic N) is 3. The molecule has 2 rings (SSSR count). The number of azo groups is 1. The monoisotopic (exact) mass is 257 g/mol. The average molecular weight is 257 g/mol. The maximum Gasteiger partial charge on any atom is 0.296 e. The molecule has 0 aromatic heterocycles. The summed E-state index contributed by atoms with van der Waals surface area (Å²) < 4.78 is 0. The van der Waals surface area contributed by atoms with Gasteiger partial charge in [-0.2, -0.15) is 0 Å². The smallest absolute Gasteiger partial charge is 0.296 e. The molecule has 96 valence electrons. The van der Waals surface area contributed by atoms with Crippen LogP contribution in [0.25, 0.3) is 0 Å². The molecule has 0 bridgehead atoms. The van der Waals surface area contributed by atoms with Crippen LogP contribution in [-0.4, -0.2) is 10.0 Å². The van der Waals surface area contributed by atoms with Crippen molar-refractivity contribution in [2.45, 2.75) is 6.92 Å². The number of nitro groups is 1. The highest BCUT2D eigenvalue weighted by molar-refractivity contribution is 5.57. The van der Waals surface area contributed by atoms with Crippen molar-refractivity contribution in [3.8, 4) is 5.75 Å². The van der Waals surface area contributed by atoms with Gasteiger partial charge in [0.25, 0.3) is 5.69 Å². The lowest BCUT2D eigenvalue weighted by Gasteiger charge is -1.99. The Morgan fingerprint density at radius 1 is 1.11 bits per heavy atom. The van der Waals surface area contributed by atoms with Crippen molar-refractivity contribution in [1.82, 2.24) is 0 Å². The van der Waals surface area contributed by atoms with Crippen molar-refractivity contribution >= 4 is 17.1 Å². The van der Waals surface area contributed by atoms with Crippen LogP contribution in [0, 0.1) is 17.0 Å². The number of phenols is 1. The predicted octanol–water partition coefficient (Wildman–Crippen LogP) is 4.02. The number of hydrogen-bond acceptors (Lipinski definition) is 5. The molecule has 0 radical (unpaired) electrons. The van der Waals surface area contributed by atoms with Gasteiger partial charge in [0.1, 0.15) is 11.4 Å². The molecule has 0 saturated carbocycles. The van der Waals surface area contributed by atoms with Crippen molar-refractivity contribution in [2.24, 2.45) is 10.2 Å². The highest BCUT2D eigenvalue weighted by Gasteiger charge is 2.11. The van der Waals surface area contributed by atoms with E-state index in [0.717, 1.165) is 5.56 Å². The van der Waals surface area contributed by atoms with Gasteiger partial charge < -0.3 is 5.11 Å². The van der Waals surface area contributed by atoms with Crippen LogP contribution in [0.1, 0.15) is 5.56 Å². The van der Waals surface area contributed by atoms with E-state index >= 15 is 0 Å². The van der Waals surface area contributed by atoms with Crippen molar-refractivity contribution in [1.29, 1.82) is 0 Å². The lowest BCUT2D eigenvalue weighted by molar-refractivity contribution is -0.384. The second-order valence-corrected chi connectivity index (χ2v) is 3.94. The second-order valence-electron chi connectivity index (χ2n) is 3.94. The number of nitro benzene ring substituents is 1. The van der Waals surface area contributed by atoms with Crippen LogP contribution in [0.2, 0.25) is 0 Å². The largest absolute Gasteiger partial charge is 0.506 e. The molecule has 2 aromatic rings. The average Bonchev–Trinajstić information content (AvgIpc) is 2.38. The Kier molecular flexibility index (Phi) is 3.51. The molecule has 2 aromatic carbocycles. The van der Waals surface area contributed by atoms with E-state index in [4.69, 9.17) is 0 Å². The van der Waals surface area contributed by atoms with Crippen LogP contribution in [0.4, 0.5) is 17.1 Å². The summed E-state index contributed by atoms with van der Waals surface area (Å²) in [5, 5.41) is 28.1. The van der Waals surface area contributed by atoms with Gasteiger partial charge in [0, 0.05) is 6.07 Å². The fourth-order valence-electron chi connectivity index (χ4n) is 1.53. The van der Waals surface area contributed by atoms with E-state index in [9.17, 15) is 15.2 Å². The second kappa shape index (κ2) is 5.26. The van der Waals surface area contributed by atoms with Crippen LogP contribution in [0.5, 0.6) is 5.75 Å². The van der Waals surface area contributed by atoms with E-state index in [1.54, 1.807) is 30.3 Å². The summed E-state index contributed by atoms with van der Waals surface area (Å²) in [6, 6.07) is 11.0. The molecule has 1 N–H and O–H groups in total. The minimum Gasteiger partial charge on any atom is -0.506 e. The maximum atomic E-state index is 10.8. The van der Waals surface area contributed by atoms with E-state index in [2.05, 4.69) is 10.2 Å². The molecule has 0 spiro atoms. The lowest BCUT2D eigenvalue weighted by Crippen LogP contribution is -1.87. The highest BCUT2D eigenvalue weighted by atomic mass is 16.6. The normalized spacial score (nSPS) is 10.8. The number of aromatic hydroxyl groups is 1. The van der Waals surface area contributed by atoms with E-state index in [-0.39, 0.29) is 22.8 Å². The first-order valence-corrected chi connectivity index (χ1v) is 5.52. The molecule has 0 heterocycles. The van der Waals surface area contributed by atoms with E-state index in [1.807, 2.05) is 6.92 Å². The Hall–Kier alpha value is -2.76. The molecular formula is C13H11N3O3. The van der Waals surface area contributed by atoms with Crippen molar-refractivity contribution in [3.63, 3.8) is 0 Å². The number of para-hydroxylation sites is 1. The summed E-state index contributed by atoms with van der Waals surface area (Å²) in [6.07, 6.45) is 0. The van der Waals surface area contributed by atoms with Gasteiger partial charge in [-0.3, -0.25) is 10.1 Å². The van der Waals surface area contributed by atoms with Crippen LogP contribution in [0.3, 0.4) is 0 Å². The number of benzene rings is 2. The number of rotatable bonds is 3. The van der Waals surface area contributed by atoms with Crippen molar-refractivity contribution in [3.05, 3.63) is 58.1 Å². The van der Waals surface area contributed by atoms with Gasteiger partial charge in [-0.15, -0.1) is 10.2 Å². The van der Waals surface area contributed by atoms with E-state index in [0.29, 0.717) is 0 Å². The SMILES string of the molecule is Cc1ccc(/N=N/c2ccccc2[N+](=O)[O-])c(O)c1. The topological polar surface area (TPSA) is 88.1 Å². The Bertz CT molecular complexity index is 653. The molecule has 0 aliphatic heterocycles. The Labute approximate surface area is 109 Å². The maximum absolute atomic E-state index is 10.8. The molecule has 6 heteroatoms. The first kappa shape index (κ1) is 12.7. The molecule has 0 amide bonds. The Balaban J connectivity index is 2.35. The van der Waals surface area contributed by atoms with Gasteiger partial charge in [-0.25, -0.2) is 0 Å². The quantitative estimate of drug-likeness (QED) is 0.511. The van der Waals surface area contributed by atoms with Crippen LogP contribution >= 0.6 is 0 Å². The van der Waals surface area contributed by atoms with Gasteiger partial charge in [0.2, 0.25) is 0 Å². The van der Waals surface area contributed by atoms with Gasteiger partial charge in [0.15, 0.2) is 5.69 Å². The zero-order valence-electron chi connectivity index (χ0n) is 10.1. The summed E-state index contributed by atoms with van der Waals surface area (Å²) in [7, 11) is 0. The third kappa shape index (κ3) is 2.92. The number of phenolic OH excluding ortho intramolecular Hbond substituents is 1. The fraction of sp³-hybridized carbons (Fsp3) is 0.0769. The minimum atomic E-state index is -0.524. The molecule has 0 atom stereocenters. The number of aryl methyl sites for hydroxylation is 1. The van der Waals surface area contributed by atoms with Crippen molar-refractivity contribution in [2.75, 3.05) is 0 Å². The van der Waals surface area contributed by atoms with Gasteiger partial charge in [-0.05, 0) is 30.7 Å². The fourth-order valence-corrected chi connectivity index (χ4v) is 1.53. The summed E-state index contributed by atoms with van der Waals surface area (Å²) in [4.78, 5) is 10.3. The highest BCUT2D eigenvalue weighted by Crippen LogP contribution is 2.31. The molecule has 19 heavy (non-hydrogen) atoms. The zero-order valence-corrected chi connectivity index (χ0v) is 10.1. The van der Waals surface area contributed by atoms with Gasteiger partial charge in [-0.1, -0.05) is 18.2 Å². The van der Waals surface area contributed by atoms with Crippen LogP contribution in [-0.2, 0) is 0 Å². The molecule has 0 saturated heterocycles. The van der Waals surface area contributed by atoms with E-state index in [1.165, 1.54) is 12.1 Å². The van der Waals surface area contributed by atoms with Crippen LogP contribution < -0.4 is 0 Å². The first-order chi connectivity index (χ1) is 9.08. The third-order valence-electron chi connectivity index (χ3n) is 2.47. The summed E-state index contributed by atoms with van der Waals surface area (Å²) in [6.45, 7) is 1.84. The summed E-state index contributed by atoms with van der Waals surface area (Å²) in [5.74, 6) is -0.0117. The molecule has 0 aliphatic rings. The summed E-state index contributed by atoms with van der Waals surface area (Å²) in [5.41, 5.74) is 1.18. The summed E-state index contributed by atoms with van der Waals surface area (Å²) >= 11 is 0. The third-order valence-corrected chi connectivity index (χ3v) is 2.47. The Morgan fingerprint density at radius 2 is 1.79 bits per heavy atom. The minimum absolute atomic E-state index is 0.0117. The Morgan fingerprint density at radius 3 is 2.47 bits per heavy atom. The van der Waals surface area contributed by atoms with Gasteiger partial charge in [0.05, 0.1) is 4.92 Å². The molecule has 0 aliphatic carbocycles.